The molecule has 126 valence electrons. The fourth-order valence-electron chi connectivity index (χ4n) is 3.63. The van der Waals surface area contributed by atoms with Gasteiger partial charge < -0.3 is 9.80 Å². The summed E-state index contributed by atoms with van der Waals surface area (Å²) in [4.78, 5) is 14.4. The quantitative estimate of drug-likeness (QED) is 0.499. The van der Waals surface area contributed by atoms with Crippen LogP contribution < -0.4 is 9.80 Å². The average molecular weight is 338 g/mol. The van der Waals surface area contributed by atoms with Crippen LogP contribution in [0, 0.1) is 0 Å². The van der Waals surface area contributed by atoms with Gasteiger partial charge in [-0.1, -0.05) is 48.5 Å². The van der Waals surface area contributed by atoms with Gasteiger partial charge >= 0.3 is 0 Å². The summed E-state index contributed by atoms with van der Waals surface area (Å²) < 4.78 is 0. The molecule has 5 rings (SSSR count). The Morgan fingerprint density at radius 3 is 1.38 bits per heavy atom. The summed E-state index contributed by atoms with van der Waals surface area (Å²) in [6, 6.07) is 28.8. The highest BCUT2D eigenvalue weighted by Gasteiger charge is 2.37. The molecule has 0 N–H and O–H groups in total. The van der Waals surface area contributed by atoms with Crippen LogP contribution >= 0.6 is 0 Å². The Labute approximate surface area is 152 Å². The molecule has 0 saturated heterocycles. The third-order valence-corrected chi connectivity index (χ3v) is 4.81. The van der Waals surface area contributed by atoms with Crippen molar-refractivity contribution in [3.8, 4) is 0 Å². The van der Waals surface area contributed by atoms with Gasteiger partial charge in [-0.15, -0.1) is 0 Å². The van der Waals surface area contributed by atoms with Gasteiger partial charge in [0.15, 0.2) is 11.6 Å². The minimum absolute atomic E-state index is 0.0756. The maximum absolute atomic E-state index is 4.96. The van der Waals surface area contributed by atoms with E-state index < -0.39 is 0 Å². The molecule has 4 heteroatoms. The second kappa shape index (κ2) is 5.85. The number of aromatic nitrogens is 2. The summed E-state index contributed by atoms with van der Waals surface area (Å²) in [6.07, 6.45) is 0.0756. The highest BCUT2D eigenvalue weighted by Crippen LogP contribution is 2.45. The smallest absolute Gasteiger partial charge is 0.179 e. The number of hydrogen-bond acceptors (Lipinski definition) is 4. The minimum atomic E-state index is 0.0756. The molecule has 0 aliphatic carbocycles. The second-order valence-electron chi connectivity index (χ2n) is 6.40. The topological polar surface area (TPSA) is 32.3 Å². The van der Waals surface area contributed by atoms with Crippen LogP contribution in [-0.4, -0.2) is 16.1 Å². The molecule has 1 aliphatic heterocycles. The van der Waals surface area contributed by atoms with Gasteiger partial charge in [0, 0.05) is 11.4 Å². The molecule has 0 fully saturated rings. The van der Waals surface area contributed by atoms with E-state index in [-0.39, 0.29) is 6.17 Å². The van der Waals surface area contributed by atoms with E-state index in [0.717, 1.165) is 34.0 Å². The zero-order valence-corrected chi connectivity index (χ0v) is 14.4. The van der Waals surface area contributed by atoms with Crippen molar-refractivity contribution in [2.75, 3.05) is 9.80 Å². The number of para-hydroxylation sites is 4. The van der Waals surface area contributed by atoms with E-state index in [2.05, 4.69) is 65.3 Å². The van der Waals surface area contributed by atoms with Crippen molar-refractivity contribution in [1.29, 1.82) is 0 Å². The molecule has 0 amide bonds. The van der Waals surface area contributed by atoms with Crippen LogP contribution in [0.2, 0.25) is 0 Å². The Kier molecular flexibility index (Phi) is 3.35. The molecule has 2 heterocycles. The van der Waals surface area contributed by atoms with Gasteiger partial charge in [0.25, 0.3) is 0 Å². The number of hydrogen-bond donors (Lipinski definition) is 0. The summed E-state index contributed by atoms with van der Waals surface area (Å²) >= 11 is 0. The Bertz CT molecular complexity index is 977. The molecule has 0 unspecified atom stereocenters. The number of fused-ring (bicyclic) bond motifs is 2. The molecule has 0 spiro atoms. The van der Waals surface area contributed by atoms with Crippen LogP contribution in [0.25, 0.3) is 11.0 Å². The Morgan fingerprint density at radius 2 is 0.962 bits per heavy atom. The predicted molar refractivity (Wildman–Crippen MR) is 106 cm³/mol. The normalized spacial score (nSPS) is 14.0. The van der Waals surface area contributed by atoms with Crippen molar-refractivity contribution in [2.24, 2.45) is 0 Å². The molecular weight excluding hydrogens is 320 g/mol. The van der Waals surface area contributed by atoms with Gasteiger partial charge in [0.05, 0.1) is 11.0 Å². The fraction of sp³-hybridized carbons (Fsp3) is 0.0909. The number of rotatable bonds is 2. The molecule has 26 heavy (non-hydrogen) atoms. The molecule has 4 aromatic rings. The molecule has 0 atom stereocenters. The molecular formula is C22H18N4. The van der Waals surface area contributed by atoms with Crippen molar-refractivity contribution in [1.82, 2.24) is 9.97 Å². The van der Waals surface area contributed by atoms with E-state index in [1.54, 1.807) is 0 Å². The summed E-state index contributed by atoms with van der Waals surface area (Å²) in [6.45, 7) is 2.19. The molecule has 1 aliphatic rings. The number of anilines is 4. The standard InChI is InChI=1S/C22H18N4/c1-16-25(17-10-4-2-5-11-17)21-22(26(16)18-12-6-3-7-13-18)24-20-15-9-8-14-19(20)23-21/h2-16H,1H3. The lowest BCUT2D eigenvalue weighted by molar-refractivity contribution is 0.755. The van der Waals surface area contributed by atoms with E-state index in [1.807, 2.05) is 36.4 Å². The number of nitrogens with zero attached hydrogens (tertiary/aromatic N) is 4. The van der Waals surface area contributed by atoms with Crippen LogP contribution in [0.5, 0.6) is 0 Å². The second-order valence-corrected chi connectivity index (χ2v) is 6.40. The highest BCUT2D eigenvalue weighted by atomic mass is 15.5. The first-order valence-electron chi connectivity index (χ1n) is 8.78. The maximum Gasteiger partial charge on any atom is 0.179 e. The Morgan fingerprint density at radius 1 is 0.577 bits per heavy atom. The number of benzene rings is 3. The summed E-state index contributed by atoms with van der Waals surface area (Å²) in [5.41, 5.74) is 4.05. The first-order valence-corrected chi connectivity index (χ1v) is 8.78. The summed E-state index contributed by atoms with van der Waals surface area (Å²) in [5.74, 6) is 1.79. The van der Waals surface area contributed by atoms with Crippen LogP contribution in [0.3, 0.4) is 0 Å². The zero-order valence-electron chi connectivity index (χ0n) is 14.4. The van der Waals surface area contributed by atoms with E-state index in [0.29, 0.717) is 0 Å². The van der Waals surface area contributed by atoms with E-state index >= 15 is 0 Å². The van der Waals surface area contributed by atoms with E-state index in [9.17, 15) is 0 Å². The molecule has 0 saturated carbocycles. The van der Waals surface area contributed by atoms with Gasteiger partial charge in [-0.05, 0) is 43.3 Å². The van der Waals surface area contributed by atoms with Crippen molar-refractivity contribution in [3.63, 3.8) is 0 Å². The van der Waals surface area contributed by atoms with Crippen molar-refractivity contribution < 1.29 is 0 Å². The van der Waals surface area contributed by atoms with Crippen LogP contribution in [0.4, 0.5) is 23.0 Å². The molecule has 1 aromatic heterocycles. The van der Waals surface area contributed by atoms with Crippen molar-refractivity contribution >= 4 is 34.0 Å². The lowest BCUT2D eigenvalue weighted by Crippen LogP contribution is -2.35. The van der Waals surface area contributed by atoms with Crippen LogP contribution in [0.1, 0.15) is 6.92 Å². The average Bonchev–Trinajstić information content (AvgIpc) is 2.98. The van der Waals surface area contributed by atoms with Gasteiger partial charge in [-0.3, -0.25) is 0 Å². The third-order valence-electron chi connectivity index (χ3n) is 4.81. The Hall–Kier alpha value is -3.40. The maximum atomic E-state index is 4.96. The SMILES string of the molecule is CC1N(c2ccccc2)c2nc3ccccc3nc2N1c1ccccc1. The minimum Gasteiger partial charge on any atom is -0.302 e. The lowest BCUT2D eigenvalue weighted by atomic mass is 10.2. The largest absolute Gasteiger partial charge is 0.302 e. The monoisotopic (exact) mass is 338 g/mol. The Balaban J connectivity index is 1.77. The van der Waals surface area contributed by atoms with Gasteiger partial charge in [0.1, 0.15) is 6.17 Å². The van der Waals surface area contributed by atoms with Crippen LogP contribution in [0.15, 0.2) is 84.9 Å². The molecule has 0 radical (unpaired) electrons. The summed E-state index contributed by atoms with van der Waals surface area (Å²) in [7, 11) is 0. The summed E-state index contributed by atoms with van der Waals surface area (Å²) in [5, 5.41) is 0. The molecule has 0 bridgehead atoms. The van der Waals surface area contributed by atoms with E-state index in [4.69, 9.17) is 9.97 Å². The van der Waals surface area contributed by atoms with Crippen LogP contribution in [-0.2, 0) is 0 Å². The van der Waals surface area contributed by atoms with Crippen molar-refractivity contribution in [2.45, 2.75) is 13.1 Å². The zero-order chi connectivity index (χ0) is 17.5. The fourth-order valence-corrected chi connectivity index (χ4v) is 3.63. The van der Waals surface area contributed by atoms with Crippen molar-refractivity contribution in [3.05, 3.63) is 84.9 Å². The first kappa shape index (κ1) is 14.9. The molecule has 4 nitrogen and oxygen atoms in total. The predicted octanol–water partition coefficient (Wildman–Crippen LogP) is 5.27. The van der Waals surface area contributed by atoms with Gasteiger partial charge in [-0.25, -0.2) is 9.97 Å². The van der Waals surface area contributed by atoms with Gasteiger partial charge in [-0.2, -0.15) is 0 Å². The van der Waals surface area contributed by atoms with Gasteiger partial charge in [0.2, 0.25) is 0 Å². The highest BCUT2D eigenvalue weighted by molar-refractivity contribution is 5.89. The lowest BCUT2D eigenvalue weighted by Gasteiger charge is -2.29. The third kappa shape index (κ3) is 2.23. The van der Waals surface area contributed by atoms with E-state index in [1.165, 1.54) is 0 Å². The first-order chi connectivity index (χ1) is 12.8. The molecule has 3 aromatic carbocycles.